The summed E-state index contributed by atoms with van der Waals surface area (Å²) >= 11 is 5.81. The monoisotopic (exact) mass is 333 g/mol. The van der Waals surface area contributed by atoms with Crippen molar-refractivity contribution in [3.8, 4) is 5.75 Å². The maximum atomic E-state index is 12.1. The fourth-order valence-corrected chi connectivity index (χ4v) is 2.31. The number of rotatable bonds is 8. The molecule has 0 aliphatic heterocycles. The number of ether oxygens (including phenoxy) is 1. The lowest BCUT2D eigenvalue weighted by Gasteiger charge is -2.12. The summed E-state index contributed by atoms with van der Waals surface area (Å²) in [6, 6.07) is 14.2. The first kappa shape index (κ1) is 17.5. The molecule has 0 bridgehead atoms. The second-order valence-electron chi connectivity index (χ2n) is 5.18. The van der Waals surface area contributed by atoms with Crippen LogP contribution >= 0.6 is 11.6 Å². The third-order valence-corrected chi connectivity index (χ3v) is 3.76. The van der Waals surface area contributed by atoms with Crippen LogP contribution < -0.4 is 10.1 Å². The van der Waals surface area contributed by atoms with E-state index in [0.29, 0.717) is 35.8 Å². The van der Waals surface area contributed by atoms with Crippen LogP contribution in [0.5, 0.6) is 5.75 Å². The molecule has 2 N–H and O–H groups in total. The Morgan fingerprint density at radius 1 is 1.26 bits per heavy atom. The Bertz CT molecular complexity index is 643. The normalized spacial score (nSPS) is 12.0. The maximum Gasteiger partial charge on any atom is 0.164 e. The van der Waals surface area contributed by atoms with Crippen LogP contribution in [-0.2, 0) is 0 Å². The van der Waals surface area contributed by atoms with Crippen LogP contribution in [0.4, 0.5) is 0 Å². The van der Waals surface area contributed by atoms with Crippen LogP contribution in [0.25, 0.3) is 0 Å². The first-order valence-corrected chi connectivity index (χ1v) is 7.79. The van der Waals surface area contributed by atoms with Crippen LogP contribution in [0.15, 0.2) is 48.5 Å². The summed E-state index contributed by atoms with van der Waals surface area (Å²) in [7, 11) is 1.57. The molecular formula is C18H20ClNO3. The molecule has 0 amide bonds. The van der Waals surface area contributed by atoms with Gasteiger partial charge in [-0.2, -0.15) is 0 Å². The van der Waals surface area contributed by atoms with Crippen LogP contribution in [0.2, 0.25) is 5.02 Å². The summed E-state index contributed by atoms with van der Waals surface area (Å²) < 4.78 is 5.11. The molecule has 0 spiro atoms. The lowest BCUT2D eigenvalue weighted by Crippen LogP contribution is -2.24. The van der Waals surface area contributed by atoms with E-state index in [9.17, 15) is 9.90 Å². The molecule has 0 aliphatic rings. The van der Waals surface area contributed by atoms with Crippen molar-refractivity contribution in [3.63, 3.8) is 0 Å². The van der Waals surface area contributed by atoms with Gasteiger partial charge < -0.3 is 15.2 Å². The van der Waals surface area contributed by atoms with Gasteiger partial charge in [0, 0.05) is 30.1 Å². The Hall–Kier alpha value is -1.88. The number of Topliss-reactive ketones (excluding diaryl/α,β-unsaturated/α-hetero) is 1. The Labute approximate surface area is 141 Å². The largest absolute Gasteiger partial charge is 0.497 e. The van der Waals surface area contributed by atoms with Gasteiger partial charge in [0.1, 0.15) is 5.75 Å². The minimum atomic E-state index is -0.626. The zero-order chi connectivity index (χ0) is 16.7. The maximum absolute atomic E-state index is 12.1. The molecule has 2 aromatic rings. The van der Waals surface area contributed by atoms with Crippen molar-refractivity contribution in [2.75, 3.05) is 20.2 Å². The fourth-order valence-electron chi connectivity index (χ4n) is 2.18. The minimum absolute atomic E-state index is 0.0392. The Kier molecular flexibility index (Phi) is 6.59. The highest BCUT2D eigenvalue weighted by atomic mass is 35.5. The molecule has 0 aromatic heterocycles. The molecule has 5 heteroatoms. The average Bonchev–Trinajstić information content (AvgIpc) is 2.59. The number of hydrogen-bond donors (Lipinski definition) is 2. The molecule has 2 aromatic carbocycles. The zero-order valence-corrected chi connectivity index (χ0v) is 13.7. The van der Waals surface area contributed by atoms with Gasteiger partial charge in [0.05, 0.1) is 13.2 Å². The van der Waals surface area contributed by atoms with E-state index < -0.39 is 6.10 Å². The number of ketones is 1. The standard InChI is InChI=1S/C18H20ClNO3/c1-23-16-4-2-3-14(11-16)17(21)9-10-20-12-18(22)13-5-7-15(19)8-6-13/h2-8,11,18,20,22H,9-10,12H2,1H3. The number of methoxy groups -OCH3 is 1. The molecule has 0 heterocycles. The third-order valence-electron chi connectivity index (χ3n) is 3.51. The molecule has 2 rings (SSSR count). The molecule has 0 aliphatic carbocycles. The topological polar surface area (TPSA) is 58.6 Å². The van der Waals surface area contributed by atoms with Gasteiger partial charge in [-0.05, 0) is 29.8 Å². The number of hydrogen-bond acceptors (Lipinski definition) is 4. The highest BCUT2D eigenvalue weighted by Gasteiger charge is 2.09. The van der Waals surface area contributed by atoms with Gasteiger partial charge in [-0.25, -0.2) is 0 Å². The molecular weight excluding hydrogens is 314 g/mol. The first-order valence-electron chi connectivity index (χ1n) is 7.41. The smallest absolute Gasteiger partial charge is 0.164 e. The highest BCUT2D eigenvalue weighted by Crippen LogP contribution is 2.16. The second kappa shape index (κ2) is 8.67. The first-order chi connectivity index (χ1) is 11.1. The van der Waals surface area contributed by atoms with Crippen LogP contribution in [0, 0.1) is 0 Å². The summed E-state index contributed by atoms with van der Waals surface area (Å²) in [5.74, 6) is 0.708. The van der Waals surface area contributed by atoms with Crippen molar-refractivity contribution >= 4 is 17.4 Å². The summed E-state index contributed by atoms with van der Waals surface area (Å²) in [5, 5.41) is 13.8. The van der Waals surface area contributed by atoms with E-state index in [1.807, 2.05) is 0 Å². The van der Waals surface area contributed by atoms with Crippen LogP contribution in [0.1, 0.15) is 28.4 Å². The molecule has 4 nitrogen and oxygen atoms in total. The van der Waals surface area contributed by atoms with Crippen LogP contribution in [0.3, 0.4) is 0 Å². The molecule has 0 radical (unpaired) electrons. The SMILES string of the molecule is COc1cccc(C(=O)CCNCC(O)c2ccc(Cl)cc2)c1. The van der Waals surface area contributed by atoms with Gasteiger partial charge in [-0.3, -0.25) is 4.79 Å². The molecule has 0 saturated heterocycles. The summed E-state index contributed by atoms with van der Waals surface area (Å²) in [6.07, 6.45) is -0.264. The van der Waals surface area contributed by atoms with Crippen molar-refractivity contribution < 1.29 is 14.6 Å². The highest BCUT2D eigenvalue weighted by molar-refractivity contribution is 6.30. The predicted octanol–water partition coefficient (Wildman–Crippen LogP) is 3.24. The van der Waals surface area contributed by atoms with Crippen molar-refractivity contribution in [3.05, 3.63) is 64.7 Å². The van der Waals surface area contributed by atoms with E-state index in [1.54, 1.807) is 55.6 Å². The summed E-state index contributed by atoms with van der Waals surface area (Å²) in [4.78, 5) is 12.1. The predicted molar refractivity (Wildman–Crippen MR) is 91.2 cm³/mol. The van der Waals surface area contributed by atoms with E-state index in [2.05, 4.69) is 5.32 Å². The number of halogens is 1. The lowest BCUT2D eigenvalue weighted by atomic mass is 10.1. The van der Waals surface area contributed by atoms with E-state index >= 15 is 0 Å². The molecule has 1 unspecified atom stereocenters. The van der Waals surface area contributed by atoms with Crippen molar-refractivity contribution in [1.82, 2.24) is 5.32 Å². The molecule has 23 heavy (non-hydrogen) atoms. The van der Waals surface area contributed by atoms with Crippen LogP contribution in [-0.4, -0.2) is 31.1 Å². The van der Waals surface area contributed by atoms with Crippen molar-refractivity contribution in [2.45, 2.75) is 12.5 Å². The molecule has 122 valence electrons. The average molecular weight is 334 g/mol. The molecule has 1 atom stereocenters. The number of carbonyl (C=O) groups excluding carboxylic acids is 1. The quantitative estimate of drug-likeness (QED) is 0.575. The fraction of sp³-hybridized carbons (Fsp3) is 0.278. The van der Waals surface area contributed by atoms with Gasteiger partial charge in [0.2, 0.25) is 0 Å². The van der Waals surface area contributed by atoms with E-state index in [1.165, 1.54) is 0 Å². The van der Waals surface area contributed by atoms with E-state index in [-0.39, 0.29) is 5.78 Å². The number of benzene rings is 2. The van der Waals surface area contributed by atoms with E-state index in [4.69, 9.17) is 16.3 Å². The number of aliphatic hydroxyl groups excluding tert-OH is 1. The van der Waals surface area contributed by atoms with Crippen molar-refractivity contribution in [2.24, 2.45) is 0 Å². The van der Waals surface area contributed by atoms with Gasteiger partial charge in [0.25, 0.3) is 0 Å². The number of nitrogens with one attached hydrogen (secondary N) is 1. The lowest BCUT2D eigenvalue weighted by molar-refractivity contribution is 0.0979. The van der Waals surface area contributed by atoms with Gasteiger partial charge >= 0.3 is 0 Å². The Balaban J connectivity index is 1.76. The van der Waals surface area contributed by atoms with Crippen molar-refractivity contribution in [1.29, 1.82) is 0 Å². The Morgan fingerprint density at radius 3 is 2.70 bits per heavy atom. The zero-order valence-electron chi connectivity index (χ0n) is 13.0. The van der Waals surface area contributed by atoms with Gasteiger partial charge in [-0.15, -0.1) is 0 Å². The summed E-state index contributed by atoms with van der Waals surface area (Å²) in [5.41, 5.74) is 1.42. The number of carbonyl (C=O) groups is 1. The van der Waals surface area contributed by atoms with E-state index in [0.717, 1.165) is 5.56 Å². The second-order valence-corrected chi connectivity index (χ2v) is 5.61. The van der Waals surface area contributed by atoms with Gasteiger partial charge in [0.15, 0.2) is 5.78 Å². The molecule has 0 fully saturated rings. The third kappa shape index (κ3) is 5.36. The minimum Gasteiger partial charge on any atom is -0.497 e. The summed E-state index contributed by atoms with van der Waals surface area (Å²) in [6.45, 7) is 0.883. The molecule has 0 saturated carbocycles. The number of aliphatic hydroxyl groups is 1. The Morgan fingerprint density at radius 2 is 2.00 bits per heavy atom. The van der Waals surface area contributed by atoms with Gasteiger partial charge in [-0.1, -0.05) is 35.9 Å².